The lowest BCUT2D eigenvalue weighted by Gasteiger charge is -2.38. The second kappa shape index (κ2) is 3.84. The summed E-state index contributed by atoms with van der Waals surface area (Å²) in [7, 11) is 0. The highest BCUT2D eigenvalue weighted by Gasteiger charge is 2.47. The molecule has 4 rings (SSSR count). The maximum atomic E-state index is 12.4. The molecular weight excluding hydrogens is 254 g/mol. The Morgan fingerprint density at radius 1 is 1.30 bits per heavy atom. The third-order valence-corrected chi connectivity index (χ3v) is 5.10. The van der Waals surface area contributed by atoms with Crippen LogP contribution in [0.3, 0.4) is 0 Å². The first-order valence-electron chi connectivity index (χ1n) is 7.30. The third kappa shape index (κ3) is 1.48. The number of carboxylic acid groups (broad SMARTS) is 1. The van der Waals surface area contributed by atoms with Gasteiger partial charge in [0, 0.05) is 18.2 Å². The summed E-state index contributed by atoms with van der Waals surface area (Å²) < 4.78 is 0. The molecule has 0 radical (unpaired) electrons. The number of carbonyl (C=O) groups excluding carboxylic acids is 1. The van der Waals surface area contributed by atoms with Gasteiger partial charge in [0.2, 0.25) is 0 Å². The summed E-state index contributed by atoms with van der Waals surface area (Å²) in [5.41, 5.74) is 1.83. The summed E-state index contributed by atoms with van der Waals surface area (Å²) in [6.07, 6.45) is 4.52. The molecule has 2 saturated carbocycles. The van der Waals surface area contributed by atoms with E-state index in [-0.39, 0.29) is 5.91 Å². The van der Waals surface area contributed by atoms with Crippen molar-refractivity contribution in [2.45, 2.75) is 50.1 Å². The van der Waals surface area contributed by atoms with E-state index in [2.05, 4.69) is 0 Å². The molecule has 1 aromatic carbocycles. The Morgan fingerprint density at radius 3 is 2.60 bits per heavy atom. The average Bonchev–Trinajstić information content (AvgIpc) is 3.14. The van der Waals surface area contributed by atoms with Crippen LogP contribution in [-0.2, 0) is 16.8 Å². The zero-order valence-corrected chi connectivity index (χ0v) is 11.3. The molecule has 3 aliphatic rings. The molecule has 1 amide bonds. The van der Waals surface area contributed by atoms with E-state index in [0.717, 1.165) is 36.0 Å². The predicted molar refractivity (Wildman–Crippen MR) is 72.5 cm³/mol. The number of rotatable bonds is 3. The number of amides is 1. The zero-order valence-electron chi connectivity index (χ0n) is 11.3. The molecule has 104 valence electrons. The Labute approximate surface area is 117 Å². The SMILES string of the molecule is O=C1c2cc(C3(C(=O)O)CCC3)ccc2CN1C1CC1. The van der Waals surface area contributed by atoms with Crippen LogP contribution in [0.5, 0.6) is 0 Å². The van der Waals surface area contributed by atoms with E-state index in [0.29, 0.717) is 25.4 Å². The van der Waals surface area contributed by atoms with E-state index in [4.69, 9.17) is 0 Å². The molecule has 0 spiro atoms. The van der Waals surface area contributed by atoms with Crippen molar-refractivity contribution >= 4 is 11.9 Å². The second-order valence-electron chi connectivity index (χ2n) is 6.28. The molecule has 0 atom stereocenters. The van der Waals surface area contributed by atoms with Crippen LogP contribution in [0.1, 0.15) is 53.6 Å². The molecule has 2 aliphatic carbocycles. The van der Waals surface area contributed by atoms with E-state index < -0.39 is 11.4 Å². The smallest absolute Gasteiger partial charge is 0.314 e. The fourth-order valence-electron chi connectivity index (χ4n) is 3.46. The van der Waals surface area contributed by atoms with Gasteiger partial charge in [-0.25, -0.2) is 0 Å². The highest BCUT2D eigenvalue weighted by molar-refractivity contribution is 5.99. The molecular formula is C16H17NO3. The number of aliphatic carboxylic acids is 1. The van der Waals surface area contributed by atoms with Crippen molar-refractivity contribution in [3.63, 3.8) is 0 Å². The highest BCUT2D eigenvalue weighted by Crippen LogP contribution is 2.45. The molecule has 0 aromatic heterocycles. The van der Waals surface area contributed by atoms with Crippen LogP contribution < -0.4 is 0 Å². The summed E-state index contributed by atoms with van der Waals surface area (Å²) in [6, 6.07) is 6.12. The maximum Gasteiger partial charge on any atom is 0.314 e. The summed E-state index contributed by atoms with van der Waals surface area (Å²) in [5.74, 6) is -0.669. The molecule has 4 heteroatoms. The molecule has 1 N–H and O–H groups in total. The van der Waals surface area contributed by atoms with Gasteiger partial charge in [-0.2, -0.15) is 0 Å². The van der Waals surface area contributed by atoms with Crippen LogP contribution in [0.2, 0.25) is 0 Å². The standard InChI is InChI=1S/C16H17NO3/c18-14-13-8-11(16(15(19)20)6-1-7-16)3-2-10(13)9-17(14)12-4-5-12/h2-3,8,12H,1,4-7,9H2,(H,19,20). The van der Waals surface area contributed by atoms with E-state index >= 15 is 0 Å². The van der Waals surface area contributed by atoms with Gasteiger partial charge in [0.15, 0.2) is 0 Å². The number of nitrogens with zero attached hydrogens (tertiary/aromatic N) is 1. The van der Waals surface area contributed by atoms with E-state index in [1.807, 2.05) is 23.1 Å². The second-order valence-corrected chi connectivity index (χ2v) is 6.28. The maximum absolute atomic E-state index is 12.4. The zero-order chi connectivity index (χ0) is 13.9. The minimum Gasteiger partial charge on any atom is -0.481 e. The van der Waals surface area contributed by atoms with Gasteiger partial charge >= 0.3 is 5.97 Å². The van der Waals surface area contributed by atoms with Crippen molar-refractivity contribution in [2.75, 3.05) is 0 Å². The molecule has 1 aromatic rings. The molecule has 0 bridgehead atoms. The lowest BCUT2D eigenvalue weighted by Crippen LogP contribution is -2.42. The number of hydrogen-bond acceptors (Lipinski definition) is 2. The Kier molecular flexibility index (Phi) is 2.29. The van der Waals surface area contributed by atoms with Gasteiger partial charge in [0.05, 0.1) is 5.41 Å². The number of carbonyl (C=O) groups is 2. The first-order chi connectivity index (χ1) is 9.62. The molecule has 1 aliphatic heterocycles. The number of fused-ring (bicyclic) bond motifs is 1. The minimum absolute atomic E-state index is 0.0872. The molecule has 4 nitrogen and oxygen atoms in total. The lowest BCUT2D eigenvalue weighted by atomic mass is 9.64. The van der Waals surface area contributed by atoms with Gasteiger partial charge < -0.3 is 10.0 Å². The van der Waals surface area contributed by atoms with Gasteiger partial charge in [0.1, 0.15) is 0 Å². The van der Waals surface area contributed by atoms with Crippen molar-refractivity contribution in [1.29, 1.82) is 0 Å². The normalized spacial score (nSPS) is 23.4. The number of hydrogen-bond donors (Lipinski definition) is 1. The number of carboxylic acids is 1. The van der Waals surface area contributed by atoms with Crippen molar-refractivity contribution in [3.8, 4) is 0 Å². The van der Waals surface area contributed by atoms with Crippen molar-refractivity contribution in [1.82, 2.24) is 4.90 Å². The van der Waals surface area contributed by atoms with Crippen LogP contribution in [0.25, 0.3) is 0 Å². The predicted octanol–water partition coefficient (Wildman–Crippen LogP) is 2.31. The largest absolute Gasteiger partial charge is 0.481 e. The van der Waals surface area contributed by atoms with Gasteiger partial charge in [0.25, 0.3) is 5.91 Å². The molecule has 1 heterocycles. The van der Waals surface area contributed by atoms with Crippen LogP contribution >= 0.6 is 0 Å². The highest BCUT2D eigenvalue weighted by atomic mass is 16.4. The summed E-state index contributed by atoms with van der Waals surface area (Å²) >= 11 is 0. The first-order valence-corrected chi connectivity index (χ1v) is 7.30. The quantitative estimate of drug-likeness (QED) is 0.917. The van der Waals surface area contributed by atoms with E-state index in [9.17, 15) is 14.7 Å². The van der Waals surface area contributed by atoms with Crippen LogP contribution in [0.4, 0.5) is 0 Å². The Balaban J connectivity index is 1.72. The summed E-state index contributed by atoms with van der Waals surface area (Å²) in [6.45, 7) is 0.694. The molecule has 2 fully saturated rings. The van der Waals surface area contributed by atoms with Gasteiger partial charge in [-0.1, -0.05) is 18.6 Å². The molecule has 20 heavy (non-hydrogen) atoms. The summed E-state index contributed by atoms with van der Waals surface area (Å²) in [4.78, 5) is 25.9. The van der Waals surface area contributed by atoms with Crippen LogP contribution in [-0.4, -0.2) is 27.9 Å². The Morgan fingerprint density at radius 2 is 2.05 bits per heavy atom. The number of benzene rings is 1. The fourth-order valence-corrected chi connectivity index (χ4v) is 3.46. The monoisotopic (exact) mass is 271 g/mol. The average molecular weight is 271 g/mol. The van der Waals surface area contributed by atoms with Gasteiger partial charge in [-0.05, 0) is 42.9 Å². The van der Waals surface area contributed by atoms with Crippen molar-refractivity contribution in [2.24, 2.45) is 0 Å². The lowest BCUT2D eigenvalue weighted by molar-refractivity contribution is -0.147. The van der Waals surface area contributed by atoms with Gasteiger partial charge in [-0.3, -0.25) is 9.59 Å². The fraction of sp³-hybridized carbons (Fsp3) is 0.500. The topological polar surface area (TPSA) is 57.6 Å². The molecule has 0 unspecified atom stereocenters. The summed E-state index contributed by atoms with van der Waals surface area (Å²) in [5, 5.41) is 9.51. The van der Waals surface area contributed by atoms with Crippen molar-refractivity contribution < 1.29 is 14.7 Å². The minimum atomic E-state index is -0.756. The van der Waals surface area contributed by atoms with Gasteiger partial charge in [-0.15, -0.1) is 0 Å². The third-order valence-electron chi connectivity index (χ3n) is 5.10. The van der Waals surface area contributed by atoms with Crippen molar-refractivity contribution in [3.05, 3.63) is 34.9 Å². The Hall–Kier alpha value is -1.84. The first kappa shape index (κ1) is 11.9. The van der Waals surface area contributed by atoms with Crippen LogP contribution in [0.15, 0.2) is 18.2 Å². The van der Waals surface area contributed by atoms with Crippen LogP contribution in [0, 0.1) is 0 Å². The van der Waals surface area contributed by atoms with E-state index in [1.54, 1.807) is 0 Å². The Bertz CT molecular complexity index is 614. The van der Waals surface area contributed by atoms with E-state index in [1.165, 1.54) is 0 Å². The molecule has 0 saturated heterocycles.